The number of nitrogens with one attached hydrogen (secondary N) is 2. The number of alkyl halides is 3. The van der Waals surface area contributed by atoms with Gasteiger partial charge >= 0.3 is 12.2 Å². The van der Waals surface area contributed by atoms with Crippen LogP contribution in [0.15, 0.2) is 60.8 Å². The van der Waals surface area contributed by atoms with E-state index >= 15 is 0 Å². The molecule has 3 heterocycles. The van der Waals surface area contributed by atoms with Gasteiger partial charge in [-0.15, -0.1) is 0 Å². The van der Waals surface area contributed by atoms with Crippen LogP contribution in [0, 0.1) is 5.82 Å². The lowest BCUT2D eigenvalue weighted by Crippen LogP contribution is -2.60. The lowest BCUT2D eigenvalue weighted by atomic mass is 9.74. The molecule has 0 aliphatic carbocycles. The first-order valence-electron chi connectivity index (χ1n) is 12.8. The summed E-state index contributed by atoms with van der Waals surface area (Å²) < 4.78 is 53.6. The van der Waals surface area contributed by atoms with Crippen molar-refractivity contribution in [2.75, 3.05) is 26.2 Å². The normalized spacial score (nSPS) is 20.1. The topological polar surface area (TPSA) is 54.0 Å². The average Bonchev–Trinajstić information content (AvgIpc) is 3.19. The fourth-order valence-corrected chi connectivity index (χ4v) is 6.41. The molecule has 1 aromatic heterocycles. The van der Waals surface area contributed by atoms with E-state index in [0.29, 0.717) is 54.4 Å². The second-order valence-corrected chi connectivity index (χ2v) is 11.0. The number of hydrogen-bond acceptors (Lipinski definition) is 3. The van der Waals surface area contributed by atoms with Gasteiger partial charge in [0, 0.05) is 24.4 Å². The molecule has 1 atom stereocenters. The van der Waals surface area contributed by atoms with Gasteiger partial charge in [-0.3, -0.25) is 0 Å². The lowest BCUT2D eigenvalue weighted by Gasteiger charge is -2.36. The Hall–Kier alpha value is -2.98. The standard InChI is InChI=1S/C29H26Cl2F4N4O/c30-24-16-20(9-12-37-24)17-38-27(40)39(15-1-2-19-3-5-21(6-4-19)29(33,34)35)18-28(10-13-36-14-11-28)25-23(39)8-7-22(32)26(25)31/h1-9,12,16,36H,10-11,13-15,17-18H2/p+1/b2-1+. The maximum absolute atomic E-state index is 14.8. The van der Waals surface area contributed by atoms with Crippen LogP contribution in [0.4, 0.5) is 28.0 Å². The summed E-state index contributed by atoms with van der Waals surface area (Å²) in [6.07, 6.45) is 1.95. The Bertz CT molecular complexity index is 1440. The number of pyridine rings is 1. The van der Waals surface area contributed by atoms with Crippen LogP contribution >= 0.6 is 23.2 Å². The molecule has 5 nitrogen and oxygen atoms in total. The van der Waals surface area contributed by atoms with E-state index in [1.54, 1.807) is 36.5 Å². The summed E-state index contributed by atoms with van der Waals surface area (Å²) >= 11 is 12.6. The molecule has 0 radical (unpaired) electrons. The van der Waals surface area contributed by atoms with Crippen LogP contribution in [-0.4, -0.2) is 37.2 Å². The SMILES string of the molecule is O=C(NCc1ccnc(Cl)c1)[N+]1(C/C=C/c2ccc(C(F)(F)F)cc2)CC2(CCNCC2)c2c1ccc(F)c2Cl. The summed E-state index contributed by atoms with van der Waals surface area (Å²) in [5.74, 6) is -0.537. The number of piperidine rings is 1. The third-order valence-corrected chi connectivity index (χ3v) is 8.36. The Balaban J connectivity index is 1.52. The van der Waals surface area contributed by atoms with Crippen molar-refractivity contribution in [3.8, 4) is 0 Å². The number of urea groups is 1. The molecule has 1 unspecified atom stereocenters. The molecule has 210 valence electrons. The van der Waals surface area contributed by atoms with Gasteiger partial charge < -0.3 is 10.6 Å². The van der Waals surface area contributed by atoms with Crippen LogP contribution in [0.1, 0.15) is 35.1 Å². The molecule has 2 aromatic carbocycles. The van der Waals surface area contributed by atoms with Crippen molar-refractivity contribution in [2.45, 2.75) is 31.0 Å². The van der Waals surface area contributed by atoms with Gasteiger partial charge in [0.25, 0.3) is 0 Å². The number of nitrogens with zero attached hydrogens (tertiary/aromatic N) is 2. The maximum atomic E-state index is 14.8. The molecular formula is C29H27Cl2F4N4O+. The molecule has 40 heavy (non-hydrogen) atoms. The van der Waals surface area contributed by atoms with Crippen molar-refractivity contribution in [3.63, 3.8) is 0 Å². The molecule has 2 aliphatic rings. The van der Waals surface area contributed by atoms with Gasteiger partial charge in [-0.25, -0.2) is 18.7 Å². The minimum absolute atomic E-state index is 0.0276. The van der Waals surface area contributed by atoms with Crippen molar-refractivity contribution in [1.29, 1.82) is 0 Å². The predicted molar refractivity (Wildman–Crippen MR) is 149 cm³/mol. The Morgan fingerprint density at radius 2 is 1.82 bits per heavy atom. The molecule has 1 saturated heterocycles. The lowest BCUT2D eigenvalue weighted by molar-refractivity contribution is -0.137. The monoisotopic (exact) mass is 593 g/mol. The quantitative estimate of drug-likeness (QED) is 0.188. The zero-order valence-electron chi connectivity index (χ0n) is 21.4. The largest absolute Gasteiger partial charge is 0.422 e. The number of benzene rings is 2. The molecule has 0 bridgehead atoms. The summed E-state index contributed by atoms with van der Waals surface area (Å²) in [4.78, 5) is 18.1. The molecule has 1 spiro atoms. The highest BCUT2D eigenvalue weighted by atomic mass is 35.5. The third kappa shape index (κ3) is 5.48. The van der Waals surface area contributed by atoms with Gasteiger partial charge in [-0.2, -0.15) is 13.2 Å². The van der Waals surface area contributed by atoms with Crippen molar-refractivity contribution in [3.05, 3.63) is 99.1 Å². The number of fused-ring (bicyclic) bond motifs is 2. The van der Waals surface area contributed by atoms with Gasteiger partial charge in [0.1, 0.15) is 29.7 Å². The molecule has 2 amide bonds. The smallest absolute Gasteiger partial charge is 0.317 e. The van der Waals surface area contributed by atoms with Crippen LogP contribution < -0.4 is 15.1 Å². The zero-order chi connectivity index (χ0) is 28.5. The van der Waals surface area contributed by atoms with Gasteiger partial charge in [-0.05, 0) is 73.5 Å². The molecule has 2 aliphatic heterocycles. The highest BCUT2D eigenvalue weighted by Crippen LogP contribution is 2.53. The number of carbonyl (C=O) groups is 1. The Morgan fingerprint density at radius 3 is 2.50 bits per heavy atom. The molecular weight excluding hydrogens is 567 g/mol. The first-order valence-corrected chi connectivity index (χ1v) is 13.6. The Labute approximate surface area is 239 Å². The number of quaternary nitrogens is 1. The zero-order valence-corrected chi connectivity index (χ0v) is 22.9. The number of hydrogen-bond donors (Lipinski definition) is 2. The van der Waals surface area contributed by atoms with E-state index in [1.165, 1.54) is 18.2 Å². The van der Waals surface area contributed by atoms with Crippen molar-refractivity contribution < 1.29 is 22.4 Å². The summed E-state index contributed by atoms with van der Waals surface area (Å²) in [5.41, 5.74) is 1.35. The van der Waals surface area contributed by atoms with E-state index in [-0.39, 0.29) is 28.6 Å². The average molecular weight is 594 g/mol. The molecule has 11 heteroatoms. The fourth-order valence-electron chi connectivity index (χ4n) is 5.86. The van der Waals surface area contributed by atoms with Crippen LogP contribution in [0.25, 0.3) is 6.08 Å². The van der Waals surface area contributed by atoms with E-state index in [4.69, 9.17) is 23.2 Å². The number of rotatable bonds is 5. The molecule has 2 N–H and O–H groups in total. The Morgan fingerprint density at radius 1 is 1.10 bits per heavy atom. The summed E-state index contributed by atoms with van der Waals surface area (Å²) in [6, 6.07) is 10.8. The minimum atomic E-state index is -4.43. The van der Waals surface area contributed by atoms with E-state index in [2.05, 4.69) is 15.6 Å². The van der Waals surface area contributed by atoms with Gasteiger partial charge in [0.2, 0.25) is 0 Å². The van der Waals surface area contributed by atoms with Crippen molar-refractivity contribution in [1.82, 2.24) is 20.1 Å². The summed E-state index contributed by atoms with van der Waals surface area (Å²) in [5, 5.41) is 6.68. The van der Waals surface area contributed by atoms with E-state index < -0.39 is 23.0 Å². The number of carbonyl (C=O) groups excluding carboxylic acids is 1. The van der Waals surface area contributed by atoms with E-state index in [9.17, 15) is 22.4 Å². The van der Waals surface area contributed by atoms with Crippen molar-refractivity contribution >= 4 is 41.0 Å². The van der Waals surface area contributed by atoms with E-state index in [0.717, 1.165) is 17.7 Å². The second-order valence-electron chi connectivity index (χ2n) is 10.3. The van der Waals surface area contributed by atoms with Crippen LogP contribution in [-0.2, 0) is 18.1 Å². The van der Waals surface area contributed by atoms with Crippen LogP contribution in [0.5, 0.6) is 0 Å². The molecule has 0 saturated carbocycles. The van der Waals surface area contributed by atoms with Crippen LogP contribution in [0.3, 0.4) is 0 Å². The maximum Gasteiger partial charge on any atom is 0.422 e. The number of aromatic nitrogens is 1. The van der Waals surface area contributed by atoms with Crippen molar-refractivity contribution in [2.24, 2.45) is 0 Å². The third-order valence-electron chi connectivity index (χ3n) is 7.79. The summed E-state index contributed by atoms with van der Waals surface area (Å²) in [6.45, 7) is 2.15. The molecule has 1 fully saturated rings. The van der Waals surface area contributed by atoms with Gasteiger partial charge in [0.15, 0.2) is 0 Å². The molecule has 3 aromatic rings. The fraction of sp³-hybridized carbons (Fsp3) is 0.310. The van der Waals surface area contributed by atoms with Gasteiger partial charge in [0.05, 0.1) is 16.0 Å². The summed E-state index contributed by atoms with van der Waals surface area (Å²) in [7, 11) is 0. The number of amides is 2. The van der Waals surface area contributed by atoms with Crippen LogP contribution in [0.2, 0.25) is 10.2 Å². The highest BCUT2D eigenvalue weighted by molar-refractivity contribution is 6.32. The minimum Gasteiger partial charge on any atom is -0.317 e. The second kappa shape index (κ2) is 11.1. The Kier molecular flexibility index (Phi) is 7.94. The first kappa shape index (κ1) is 28.5. The highest BCUT2D eigenvalue weighted by Gasteiger charge is 2.58. The predicted octanol–water partition coefficient (Wildman–Crippen LogP) is 7.11. The number of halogens is 6. The molecule has 5 rings (SSSR count). The van der Waals surface area contributed by atoms with Gasteiger partial charge in [-0.1, -0.05) is 41.4 Å². The van der Waals surface area contributed by atoms with E-state index in [1.807, 2.05) is 0 Å². The first-order chi connectivity index (χ1) is 19.0.